The number of amides is 1. The van der Waals surface area contributed by atoms with Crippen LogP contribution >= 0.6 is 0 Å². The zero-order valence-electron chi connectivity index (χ0n) is 12.5. The van der Waals surface area contributed by atoms with Crippen LogP contribution in [0.3, 0.4) is 0 Å². The summed E-state index contributed by atoms with van der Waals surface area (Å²) in [4.78, 5) is 18.3. The summed E-state index contributed by atoms with van der Waals surface area (Å²) in [6.07, 6.45) is 2.61. The minimum absolute atomic E-state index is 0.295. The van der Waals surface area contributed by atoms with Gasteiger partial charge >= 0.3 is 6.09 Å². The number of piperidine rings is 1. The van der Waals surface area contributed by atoms with Crippen molar-refractivity contribution in [2.45, 2.75) is 20.3 Å². The second kappa shape index (κ2) is 5.72. The van der Waals surface area contributed by atoms with E-state index < -0.39 is 0 Å². The number of carbonyl (C=O) groups is 1. The van der Waals surface area contributed by atoms with E-state index in [1.807, 2.05) is 30.3 Å². The van der Waals surface area contributed by atoms with E-state index in [-0.39, 0.29) is 6.09 Å². The van der Waals surface area contributed by atoms with Crippen LogP contribution in [0, 0.1) is 11.8 Å². The standard InChI is InChI=1S/C17H20N2O2/c1-12-7-13(2)11-19(10-12)17(20)21-16-8-14-5-3-4-6-15(14)9-18-16/h3-6,8-9,12-13H,7,10-11H2,1-2H3. The highest BCUT2D eigenvalue weighted by atomic mass is 16.6. The van der Waals surface area contributed by atoms with Gasteiger partial charge in [-0.2, -0.15) is 0 Å². The molecule has 2 heterocycles. The first-order valence-corrected chi connectivity index (χ1v) is 7.43. The molecule has 1 aliphatic heterocycles. The van der Waals surface area contributed by atoms with Crippen LogP contribution in [0.4, 0.5) is 4.79 Å². The van der Waals surface area contributed by atoms with Crippen LogP contribution in [0.2, 0.25) is 0 Å². The highest BCUT2D eigenvalue weighted by Crippen LogP contribution is 2.23. The number of pyridine rings is 1. The van der Waals surface area contributed by atoms with Crippen molar-refractivity contribution in [3.63, 3.8) is 0 Å². The van der Waals surface area contributed by atoms with Gasteiger partial charge in [0.2, 0.25) is 5.88 Å². The molecule has 4 nitrogen and oxygen atoms in total. The molecule has 1 fully saturated rings. The molecule has 0 saturated carbocycles. The van der Waals surface area contributed by atoms with Gasteiger partial charge in [-0.25, -0.2) is 9.78 Å². The van der Waals surface area contributed by atoms with Crippen LogP contribution in [0.1, 0.15) is 20.3 Å². The molecule has 0 radical (unpaired) electrons. The number of benzene rings is 1. The average Bonchev–Trinajstić information content (AvgIpc) is 2.46. The summed E-state index contributed by atoms with van der Waals surface area (Å²) in [6, 6.07) is 9.71. The van der Waals surface area contributed by atoms with Crippen molar-refractivity contribution < 1.29 is 9.53 Å². The number of aromatic nitrogens is 1. The normalized spacial score (nSPS) is 22.3. The molecule has 0 spiro atoms. The van der Waals surface area contributed by atoms with Gasteiger partial charge in [0.25, 0.3) is 0 Å². The monoisotopic (exact) mass is 284 g/mol. The smallest absolute Gasteiger partial charge is 0.391 e. The summed E-state index contributed by atoms with van der Waals surface area (Å²) < 4.78 is 5.43. The lowest BCUT2D eigenvalue weighted by atomic mass is 9.92. The molecule has 0 bridgehead atoms. The van der Waals surface area contributed by atoms with E-state index in [0.717, 1.165) is 30.3 Å². The molecule has 1 saturated heterocycles. The van der Waals surface area contributed by atoms with Crippen molar-refractivity contribution in [2.24, 2.45) is 11.8 Å². The van der Waals surface area contributed by atoms with Gasteiger partial charge in [-0.3, -0.25) is 0 Å². The highest BCUT2D eigenvalue weighted by Gasteiger charge is 2.26. The molecular weight excluding hydrogens is 264 g/mol. The Kier molecular flexibility index (Phi) is 3.78. The van der Waals surface area contributed by atoms with Crippen LogP contribution in [0.25, 0.3) is 10.8 Å². The fourth-order valence-electron chi connectivity index (χ4n) is 3.09. The predicted octanol–water partition coefficient (Wildman–Crippen LogP) is 3.71. The van der Waals surface area contributed by atoms with Gasteiger partial charge in [0, 0.05) is 30.7 Å². The molecule has 1 aliphatic rings. The second-order valence-electron chi connectivity index (χ2n) is 6.09. The number of nitrogens with zero attached hydrogens (tertiary/aromatic N) is 2. The maximum atomic E-state index is 12.3. The third-order valence-electron chi connectivity index (χ3n) is 3.92. The van der Waals surface area contributed by atoms with Crippen molar-refractivity contribution in [1.29, 1.82) is 0 Å². The highest BCUT2D eigenvalue weighted by molar-refractivity contribution is 5.83. The Bertz CT molecular complexity index is 646. The summed E-state index contributed by atoms with van der Waals surface area (Å²) in [5.41, 5.74) is 0. The van der Waals surface area contributed by atoms with E-state index >= 15 is 0 Å². The zero-order chi connectivity index (χ0) is 14.8. The number of carbonyl (C=O) groups excluding carboxylic acids is 1. The number of fused-ring (bicyclic) bond motifs is 1. The first-order valence-electron chi connectivity index (χ1n) is 7.43. The summed E-state index contributed by atoms with van der Waals surface area (Å²) >= 11 is 0. The van der Waals surface area contributed by atoms with E-state index in [2.05, 4.69) is 18.8 Å². The Morgan fingerprint density at radius 1 is 1.19 bits per heavy atom. The maximum Gasteiger partial charge on any atom is 0.416 e. The van der Waals surface area contributed by atoms with Crippen LogP contribution in [-0.4, -0.2) is 29.1 Å². The number of ether oxygens (including phenoxy) is 1. The minimum Gasteiger partial charge on any atom is -0.391 e. The molecule has 2 atom stereocenters. The van der Waals surface area contributed by atoms with Crippen molar-refractivity contribution in [2.75, 3.05) is 13.1 Å². The van der Waals surface area contributed by atoms with Crippen LogP contribution < -0.4 is 4.74 Å². The molecule has 1 amide bonds. The second-order valence-corrected chi connectivity index (χ2v) is 6.09. The van der Waals surface area contributed by atoms with Gasteiger partial charge in [-0.15, -0.1) is 0 Å². The predicted molar refractivity (Wildman–Crippen MR) is 82.3 cm³/mol. The lowest BCUT2D eigenvalue weighted by Crippen LogP contribution is -2.44. The topological polar surface area (TPSA) is 42.4 Å². The van der Waals surface area contributed by atoms with Crippen LogP contribution in [0.15, 0.2) is 36.5 Å². The van der Waals surface area contributed by atoms with Crippen LogP contribution in [0.5, 0.6) is 5.88 Å². The quantitative estimate of drug-likeness (QED) is 0.801. The third-order valence-corrected chi connectivity index (χ3v) is 3.92. The summed E-state index contributed by atoms with van der Waals surface area (Å²) in [5, 5.41) is 2.06. The van der Waals surface area contributed by atoms with E-state index in [9.17, 15) is 4.79 Å². The molecule has 3 rings (SSSR count). The zero-order valence-corrected chi connectivity index (χ0v) is 12.5. The SMILES string of the molecule is CC1CC(C)CN(C(=O)Oc2cc3ccccc3cn2)C1. The van der Waals surface area contributed by atoms with Crippen molar-refractivity contribution in [3.05, 3.63) is 36.5 Å². The summed E-state index contributed by atoms with van der Waals surface area (Å²) in [7, 11) is 0. The molecule has 0 aliphatic carbocycles. The molecule has 4 heteroatoms. The third kappa shape index (κ3) is 3.15. The lowest BCUT2D eigenvalue weighted by molar-refractivity contribution is 0.111. The number of likely N-dealkylation sites (tertiary alicyclic amines) is 1. The number of hydrogen-bond donors (Lipinski definition) is 0. The number of hydrogen-bond acceptors (Lipinski definition) is 3. The Morgan fingerprint density at radius 2 is 1.86 bits per heavy atom. The molecule has 21 heavy (non-hydrogen) atoms. The molecule has 0 N–H and O–H groups in total. The lowest BCUT2D eigenvalue weighted by Gasteiger charge is -2.33. The fraction of sp³-hybridized carbons (Fsp3) is 0.412. The summed E-state index contributed by atoms with van der Waals surface area (Å²) in [6.45, 7) is 5.86. The Hall–Kier alpha value is -2.10. The van der Waals surface area contributed by atoms with Crippen molar-refractivity contribution in [3.8, 4) is 5.88 Å². The van der Waals surface area contributed by atoms with E-state index in [4.69, 9.17) is 4.74 Å². The fourth-order valence-corrected chi connectivity index (χ4v) is 3.09. The van der Waals surface area contributed by atoms with E-state index in [0.29, 0.717) is 17.7 Å². The van der Waals surface area contributed by atoms with Gasteiger partial charge in [-0.05, 0) is 23.6 Å². The molecule has 110 valence electrons. The first kappa shape index (κ1) is 13.9. The first-order chi connectivity index (χ1) is 10.1. The van der Waals surface area contributed by atoms with Crippen molar-refractivity contribution in [1.82, 2.24) is 9.88 Å². The maximum absolute atomic E-state index is 12.3. The van der Waals surface area contributed by atoms with Gasteiger partial charge < -0.3 is 9.64 Å². The van der Waals surface area contributed by atoms with Gasteiger partial charge in [0.15, 0.2) is 0 Å². The number of rotatable bonds is 1. The molecule has 2 unspecified atom stereocenters. The molecule has 1 aromatic heterocycles. The van der Waals surface area contributed by atoms with E-state index in [1.165, 1.54) is 0 Å². The van der Waals surface area contributed by atoms with Gasteiger partial charge in [0.1, 0.15) is 0 Å². The largest absolute Gasteiger partial charge is 0.416 e. The molecule has 1 aromatic carbocycles. The molecular formula is C17H20N2O2. The van der Waals surface area contributed by atoms with Crippen LogP contribution in [-0.2, 0) is 0 Å². The summed E-state index contributed by atoms with van der Waals surface area (Å²) in [5.74, 6) is 1.40. The Balaban J connectivity index is 1.73. The van der Waals surface area contributed by atoms with Gasteiger partial charge in [0.05, 0.1) is 0 Å². The minimum atomic E-state index is -0.295. The average molecular weight is 284 g/mol. The Morgan fingerprint density at radius 3 is 2.57 bits per heavy atom. The van der Waals surface area contributed by atoms with E-state index in [1.54, 1.807) is 11.1 Å². The van der Waals surface area contributed by atoms with Gasteiger partial charge in [-0.1, -0.05) is 38.1 Å². The Labute approximate surface area is 124 Å². The van der Waals surface area contributed by atoms with Crippen molar-refractivity contribution >= 4 is 16.9 Å². The molecule has 2 aromatic rings.